The lowest BCUT2D eigenvalue weighted by atomic mass is 10.3. The van der Waals surface area contributed by atoms with Crippen LogP contribution in [0.2, 0.25) is 0 Å². The minimum absolute atomic E-state index is 0. The van der Waals surface area contributed by atoms with Crippen molar-refractivity contribution in [2.75, 3.05) is 14.7 Å². The number of anilines is 3. The molecule has 9 heteroatoms. The largest absolute Gasteiger partial charge is 0.269 e. The van der Waals surface area contributed by atoms with Gasteiger partial charge in [0, 0.05) is 36.5 Å². The Balaban J connectivity index is -0.000000291. The van der Waals surface area contributed by atoms with Crippen LogP contribution in [0.5, 0.6) is 0 Å². The predicted molar refractivity (Wildman–Crippen MR) is 224 cm³/mol. The number of carbonyl (C=O) groups excluding carboxylic acids is 6. The fourth-order valence-electron chi connectivity index (χ4n) is 3.70. The van der Waals surface area contributed by atoms with E-state index in [-0.39, 0.29) is 50.3 Å². The van der Waals surface area contributed by atoms with E-state index in [2.05, 4.69) is 27.7 Å². The summed E-state index contributed by atoms with van der Waals surface area (Å²) in [5.74, 6) is -1.69. The van der Waals surface area contributed by atoms with Crippen molar-refractivity contribution in [1.82, 2.24) is 0 Å². The average Bonchev–Trinajstić information content (AvgIpc) is 3.82. The number of nitrogens with zero attached hydrogens (tertiary/aromatic N) is 3. The van der Waals surface area contributed by atoms with Crippen LogP contribution >= 0.6 is 0 Å². The van der Waals surface area contributed by atoms with Crippen LogP contribution in [-0.4, -0.2) is 35.4 Å². The Kier molecular flexibility index (Phi) is 34.1. The van der Waals surface area contributed by atoms with E-state index in [0.717, 1.165) is 14.7 Å². The molecule has 0 saturated carbocycles. The molecule has 6 amide bonds. The van der Waals surface area contributed by atoms with Gasteiger partial charge in [-0.05, 0) is 36.4 Å². The summed E-state index contributed by atoms with van der Waals surface area (Å²) in [5, 5.41) is 0. The molecule has 290 valence electrons. The molecule has 0 atom stereocenters. The maximum atomic E-state index is 11.2. The first-order valence-electron chi connectivity index (χ1n) is 17.5. The van der Waals surface area contributed by atoms with Crippen LogP contribution < -0.4 is 14.7 Å². The fourth-order valence-corrected chi connectivity index (χ4v) is 3.70. The summed E-state index contributed by atoms with van der Waals surface area (Å²) in [5.41, 5.74) is 1.84. The van der Waals surface area contributed by atoms with Crippen LogP contribution in [0.15, 0.2) is 127 Å². The highest BCUT2D eigenvalue weighted by Gasteiger charge is 2.26. The zero-order valence-corrected chi connectivity index (χ0v) is 31.8. The van der Waals surface area contributed by atoms with Gasteiger partial charge in [0.15, 0.2) is 0 Å². The summed E-state index contributed by atoms with van der Waals surface area (Å²) in [6.45, 7) is 20.5. The summed E-state index contributed by atoms with van der Waals surface area (Å²) in [6.07, 6.45) is 10.1. The van der Waals surface area contributed by atoms with Crippen molar-refractivity contribution in [2.24, 2.45) is 0 Å². The molecule has 9 nitrogen and oxygen atoms in total. The third-order valence-electron chi connectivity index (χ3n) is 5.47. The van der Waals surface area contributed by atoms with E-state index in [4.69, 9.17) is 0 Å². The Morgan fingerprint density at radius 2 is 0.453 bits per heavy atom. The molecule has 0 bridgehead atoms. The molecule has 0 saturated heterocycles. The van der Waals surface area contributed by atoms with Crippen LogP contribution in [0, 0.1) is 0 Å². The van der Waals surface area contributed by atoms with Crippen molar-refractivity contribution in [3.05, 3.63) is 127 Å². The topological polar surface area (TPSA) is 112 Å². The first-order chi connectivity index (χ1) is 24.7. The minimum Gasteiger partial charge on any atom is -0.269 e. The molecule has 0 unspecified atom stereocenters. The van der Waals surface area contributed by atoms with Gasteiger partial charge in [0.25, 0.3) is 35.4 Å². The van der Waals surface area contributed by atoms with Crippen LogP contribution in [0.25, 0.3) is 0 Å². The Morgan fingerprint density at radius 3 is 0.585 bits per heavy atom. The van der Waals surface area contributed by atoms with Gasteiger partial charge >= 0.3 is 0 Å². The number of hydrogen-bond donors (Lipinski definition) is 0. The number of hydrogen-bond acceptors (Lipinski definition) is 6. The van der Waals surface area contributed by atoms with E-state index in [9.17, 15) is 28.8 Å². The third-order valence-corrected chi connectivity index (χ3v) is 5.47. The molecular weight excluding hydrogens is 666 g/mol. The van der Waals surface area contributed by atoms with Crippen molar-refractivity contribution < 1.29 is 28.8 Å². The highest BCUT2D eigenvalue weighted by molar-refractivity contribution is 6.29. The molecule has 0 aliphatic carbocycles. The molecule has 0 spiro atoms. The molecule has 0 N–H and O–H groups in total. The summed E-state index contributed by atoms with van der Waals surface area (Å²) in [7, 11) is 0. The lowest BCUT2D eigenvalue weighted by Crippen LogP contribution is -2.29. The van der Waals surface area contributed by atoms with Gasteiger partial charge in [-0.15, -0.1) is 0 Å². The third kappa shape index (κ3) is 18.9. The number of para-hydroxylation sites is 3. The van der Waals surface area contributed by atoms with E-state index in [0.29, 0.717) is 17.1 Å². The van der Waals surface area contributed by atoms with Gasteiger partial charge in [-0.2, -0.15) is 0 Å². The van der Waals surface area contributed by atoms with Gasteiger partial charge in [-0.25, -0.2) is 14.7 Å². The molecule has 3 heterocycles. The molecule has 0 aromatic heterocycles. The van der Waals surface area contributed by atoms with Crippen LogP contribution in [-0.2, 0) is 28.8 Å². The molecule has 3 aromatic carbocycles. The first kappa shape index (κ1) is 54.1. The maximum absolute atomic E-state index is 11.2. The highest BCUT2D eigenvalue weighted by atomic mass is 16.2. The van der Waals surface area contributed by atoms with Gasteiger partial charge in [-0.3, -0.25) is 28.8 Å². The molecule has 3 aliphatic heterocycles. The quantitative estimate of drug-likeness (QED) is 0.248. The molecule has 0 radical (unpaired) electrons. The van der Waals surface area contributed by atoms with Gasteiger partial charge in [0.2, 0.25) is 0 Å². The van der Waals surface area contributed by atoms with Crippen molar-refractivity contribution in [3.63, 3.8) is 0 Å². The number of rotatable bonds is 3. The summed E-state index contributed by atoms with van der Waals surface area (Å²) < 4.78 is 0. The van der Waals surface area contributed by atoms with Crippen molar-refractivity contribution >= 4 is 52.5 Å². The lowest BCUT2D eigenvalue weighted by molar-refractivity contribution is -0.121. The van der Waals surface area contributed by atoms with E-state index >= 15 is 0 Å². The number of amides is 6. The highest BCUT2D eigenvalue weighted by Crippen LogP contribution is 2.19. The summed E-state index contributed by atoms with van der Waals surface area (Å²) in [6, 6.07) is 26.6. The Hall–Kier alpha value is -5.70. The van der Waals surface area contributed by atoms with E-state index in [1.165, 1.54) is 49.3 Å². The minimum atomic E-state index is -0.281. The zero-order valence-electron chi connectivity index (χ0n) is 31.8. The monoisotopic (exact) mass is 729 g/mol. The molecule has 0 fully saturated rings. The molecule has 3 aliphatic rings. The molecule has 6 rings (SSSR count). The second-order valence-corrected chi connectivity index (χ2v) is 9.46. The fraction of sp³-hybridized carbons (Fsp3) is 0.318. The van der Waals surface area contributed by atoms with Gasteiger partial charge < -0.3 is 0 Å². The normalized spacial score (nSPS) is 12.5. The average molecular weight is 730 g/mol. The number of imide groups is 3. The Labute approximate surface area is 319 Å². The van der Waals surface area contributed by atoms with Crippen LogP contribution in [0.4, 0.5) is 17.1 Å². The molecule has 3 aromatic rings. The van der Waals surface area contributed by atoms with Gasteiger partial charge in [0.05, 0.1) is 17.1 Å². The smallest absolute Gasteiger partial charge is 0.258 e. The standard InChI is InChI=1S/3C10H7NO2.2C3H8.3C2H6.2CH4/c3*12-9-6-7-10(13)11(9)8-4-2-1-3-5-8;2*1-3-2;3*1-2;;/h3*1-7H;2*3H2,1-2H3;3*1-2H3;2*1H4. The molecule has 53 heavy (non-hydrogen) atoms. The van der Waals surface area contributed by atoms with Crippen LogP contribution in [0.1, 0.15) is 96.9 Å². The van der Waals surface area contributed by atoms with Gasteiger partial charge in [0.1, 0.15) is 0 Å². The summed E-state index contributed by atoms with van der Waals surface area (Å²) in [4.78, 5) is 70.6. The second kappa shape index (κ2) is 33.4. The predicted octanol–water partition coefficient (Wildman–Crippen LogP) is 10.5. The van der Waals surface area contributed by atoms with Gasteiger partial charge in [-0.1, -0.05) is 152 Å². The zero-order chi connectivity index (χ0) is 39.2. The van der Waals surface area contributed by atoms with Crippen molar-refractivity contribution in [3.8, 4) is 0 Å². The van der Waals surface area contributed by atoms with E-state index in [1.54, 1.807) is 72.8 Å². The Bertz CT molecular complexity index is 1310. The van der Waals surface area contributed by atoms with E-state index < -0.39 is 0 Å². The summed E-state index contributed by atoms with van der Waals surface area (Å²) >= 11 is 0. The molecular formula is C44H63N3O6. The number of benzene rings is 3. The van der Waals surface area contributed by atoms with Crippen molar-refractivity contribution in [2.45, 2.75) is 96.9 Å². The van der Waals surface area contributed by atoms with Crippen LogP contribution in [0.3, 0.4) is 0 Å². The SMILES string of the molecule is C.C.CC.CC.CC.CCC.CCC.O=C1C=CC(=O)N1c1ccccc1.O=C1C=CC(=O)N1c1ccccc1.O=C1C=CC(=O)N1c1ccccc1. The van der Waals surface area contributed by atoms with E-state index in [1.807, 2.05) is 59.7 Å². The lowest BCUT2D eigenvalue weighted by Gasteiger charge is -2.12. The maximum Gasteiger partial charge on any atom is 0.258 e. The first-order valence-corrected chi connectivity index (χ1v) is 17.5. The number of carbonyl (C=O) groups is 6. The van der Waals surface area contributed by atoms with Crippen molar-refractivity contribution in [1.29, 1.82) is 0 Å². The second-order valence-electron chi connectivity index (χ2n) is 9.46. The Morgan fingerprint density at radius 1 is 0.321 bits per heavy atom.